The van der Waals surface area contributed by atoms with Crippen molar-refractivity contribution in [2.45, 2.75) is 19.8 Å². The zero-order chi connectivity index (χ0) is 9.47. The van der Waals surface area contributed by atoms with Crippen LogP contribution in [0.15, 0.2) is 16.5 Å². The average molecular weight is 180 g/mol. The van der Waals surface area contributed by atoms with Crippen molar-refractivity contribution in [2.24, 2.45) is 5.41 Å². The van der Waals surface area contributed by atoms with Gasteiger partial charge in [-0.1, -0.05) is 0 Å². The highest BCUT2D eigenvalue weighted by molar-refractivity contribution is 6.00. The van der Waals surface area contributed by atoms with E-state index in [0.29, 0.717) is 5.76 Å². The molecule has 0 radical (unpaired) electrons. The highest BCUT2D eigenvalue weighted by Gasteiger charge is 2.50. The summed E-state index contributed by atoms with van der Waals surface area (Å²) in [7, 11) is 0. The molecule has 0 aliphatic heterocycles. The third-order valence-corrected chi connectivity index (χ3v) is 2.60. The van der Waals surface area contributed by atoms with Gasteiger partial charge < -0.3 is 9.52 Å². The van der Waals surface area contributed by atoms with Crippen LogP contribution in [0.25, 0.3) is 0 Å². The Kier molecular flexibility index (Phi) is 1.77. The van der Waals surface area contributed by atoms with Gasteiger partial charge in [0, 0.05) is 0 Å². The van der Waals surface area contributed by atoms with Crippen LogP contribution in [0.3, 0.4) is 0 Å². The molecule has 1 saturated carbocycles. The quantitative estimate of drug-likeness (QED) is 0.718. The Bertz CT molecular complexity index is 334. The molecular weight excluding hydrogens is 168 g/mol. The summed E-state index contributed by atoms with van der Waals surface area (Å²) in [6.45, 7) is 1.74. The number of hydrogen-bond donors (Lipinski definition) is 1. The van der Waals surface area contributed by atoms with Gasteiger partial charge in [-0.3, -0.25) is 4.79 Å². The number of aliphatic hydroxyl groups excluding tert-OH is 1. The second-order valence-electron chi connectivity index (χ2n) is 3.68. The summed E-state index contributed by atoms with van der Waals surface area (Å²) >= 11 is 0. The first kappa shape index (κ1) is 8.51. The van der Waals surface area contributed by atoms with E-state index in [-0.39, 0.29) is 12.4 Å². The fourth-order valence-corrected chi connectivity index (χ4v) is 1.43. The Morgan fingerprint density at radius 1 is 1.62 bits per heavy atom. The first-order chi connectivity index (χ1) is 6.18. The molecule has 13 heavy (non-hydrogen) atoms. The third-order valence-electron chi connectivity index (χ3n) is 2.60. The lowest BCUT2D eigenvalue weighted by atomic mass is 10.0. The Labute approximate surface area is 76.4 Å². The number of rotatable bonds is 3. The standard InChI is InChI=1S/C10H12O3/c1-7-2-3-8(13-7)9(12)10(6-11)4-5-10/h2-3,11H,4-6H2,1H3. The molecule has 0 amide bonds. The van der Waals surface area contributed by atoms with E-state index in [1.54, 1.807) is 19.1 Å². The Morgan fingerprint density at radius 2 is 2.31 bits per heavy atom. The zero-order valence-corrected chi connectivity index (χ0v) is 7.54. The molecule has 0 unspecified atom stereocenters. The van der Waals surface area contributed by atoms with Crippen LogP contribution in [0.4, 0.5) is 0 Å². The van der Waals surface area contributed by atoms with Crippen molar-refractivity contribution < 1.29 is 14.3 Å². The number of carbonyl (C=O) groups excluding carboxylic acids is 1. The summed E-state index contributed by atoms with van der Waals surface area (Å²) in [5.41, 5.74) is -0.510. The van der Waals surface area contributed by atoms with E-state index in [2.05, 4.69) is 0 Å². The van der Waals surface area contributed by atoms with Gasteiger partial charge in [0.15, 0.2) is 5.76 Å². The van der Waals surface area contributed by atoms with Crippen LogP contribution in [0.2, 0.25) is 0 Å². The Hall–Kier alpha value is -1.09. The van der Waals surface area contributed by atoms with E-state index >= 15 is 0 Å². The maximum Gasteiger partial charge on any atom is 0.206 e. The van der Waals surface area contributed by atoms with Gasteiger partial charge in [0.05, 0.1) is 12.0 Å². The first-order valence-corrected chi connectivity index (χ1v) is 4.40. The highest BCUT2D eigenvalue weighted by Crippen LogP contribution is 2.47. The predicted molar refractivity (Wildman–Crippen MR) is 46.5 cm³/mol. The van der Waals surface area contributed by atoms with Gasteiger partial charge in [-0.15, -0.1) is 0 Å². The molecule has 1 heterocycles. The third kappa shape index (κ3) is 1.29. The second-order valence-corrected chi connectivity index (χ2v) is 3.68. The topological polar surface area (TPSA) is 50.4 Å². The predicted octanol–water partition coefficient (Wildman–Crippen LogP) is 1.54. The average Bonchev–Trinajstić information content (AvgIpc) is 2.82. The molecule has 1 aliphatic carbocycles. The lowest BCUT2D eigenvalue weighted by Crippen LogP contribution is -2.19. The summed E-state index contributed by atoms with van der Waals surface area (Å²) in [6.07, 6.45) is 1.56. The molecule has 1 aromatic rings. The van der Waals surface area contributed by atoms with Gasteiger partial charge >= 0.3 is 0 Å². The van der Waals surface area contributed by atoms with Crippen LogP contribution in [0, 0.1) is 12.3 Å². The normalized spacial score (nSPS) is 18.6. The molecule has 0 bridgehead atoms. The first-order valence-electron chi connectivity index (χ1n) is 4.40. The van der Waals surface area contributed by atoms with E-state index in [1.807, 2.05) is 0 Å². The van der Waals surface area contributed by atoms with Crippen molar-refractivity contribution in [3.8, 4) is 0 Å². The molecule has 3 nitrogen and oxygen atoms in total. The minimum absolute atomic E-state index is 0.0527. The van der Waals surface area contributed by atoms with Crippen LogP contribution < -0.4 is 0 Å². The highest BCUT2D eigenvalue weighted by atomic mass is 16.3. The van der Waals surface area contributed by atoms with Crippen molar-refractivity contribution in [3.63, 3.8) is 0 Å². The second kappa shape index (κ2) is 2.70. The zero-order valence-electron chi connectivity index (χ0n) is 7.54. The number of aliphatic hydroxyl groups is 1. The number of hydrogen-bond acceptors (Lipinski definition) is 3. The van der Waals surface area contributed by atoms with Gasteiger partial charge in [-0.25, -0.2) is 0 Å². The fourth-order valence-electron chi connectivity index (χ4n) is 1.43. The molecule has 1 aromatic heterocycles. The van der Waals surface area contributed by atoms with Crippen molar-refractivity contribution in [1.82, 2.24) is 0 Å². The van der Waals surface area contributed by atoms with Crippen LogP contribution >= 0.6 is 0 Å². The number of furan rings is 1. The molecule has 0 saturated heterocycles. The number of aryl methyl sites for hydroxylation is 1. The molecule has 1 fully saturated rings. The molecule has 2 rings (SSSR count). The Morgan fingerprint density at radius 3 is 2.69 bits per heavy atom. The van der Waals surface area contributed by atoms with Gasteiger partial charge in [-0.05, 0) is 31.9 Å². The lowest BCUT2D eigenvalue weighted by Gasteiger charge is -2.06. The molecular formula is C10H12O3. The lowest BCUT2D eigenvalue weighted by molar-refractivity contribution is 0.0799. The van der Waals surface area contributed by atoms with E-state index in [1.165, 1.54) is 0 Å². The van der Waals surface area contributed by atoms with Crippen molar-refractivity contribution >= 4 is 5.78 Å². The molecule has 1 N–H and O–H groups in total. The van der Waals surface area contributed by atoms with E-state index in [0.717, 1.165) is 18.6 Å². The summed E-state index contributed by atoms with van der Waals surface area (Å²) in [5.74, 6) is 1.06. The van der Waals surface area contributed by atoms with Crippen molar-refractivity contribution in [3.05, 3.63) is 23.7 Å². The van der Waals surface area contributed by atoms with Gasteiger partial charge in [-0.2, -0.15) is 0 Å². The summed E-state index contributed by atoms with van der Waals surface area (Å²) in [4.78, 5) is 11.7. The van der Waals surface area contributed by atoms with Gasteiger partial charge in [0.1, 0.15) is 5.76 Å². The number of Topliss-reactive ketones (excluding diaryl/α,β-unsaturated/α-hetero) is 1. The molecule has 3 heteroatoms. The Balaban J connectivity index is 2.23. The summed E-state index contributed by atoms with van der Waals surface area (Å²) < 4.78 is 5.21. The fraction of sp³-hybridized carbons (Fsp3) is 0.500. The van der Waals surface area contributed by atoms with Crippen LogP contribution in [0.5, 0.6) is 0 Å². The SMILES string of the molecule is Cc1ccc(C(=O)C2(CO)CC2)o1. The van der Waals surface area contributed by atoms with Crippen molar-refractivity contribution in [2.75, 3.05) is 6.61 Å². The van der Waals surface area contributed by atoms with E-state index < -0.39 is 5.41 Å². The monoisotopic (exact) mass is 180 g/mol. The van der Waals surface area contributed by atoms with E-state index in [4.69, 9.17) is 9.52 Å². The van der Waals surface area contributed by atoms with E-state index in [9.17, 15) is 4.79 Å². The largest absolute Gasteiger partial charge is 0.458 e. The number of carbonyl (C=O) groups is 1. The minimum Gasteiger partial charge on any atom is -0.458 e. The van der Waals surface area contributed by atoms with Crippen LogP contribution in [-0.4, -0.2) is 17.5 Å². The summed E-state index contributed by atoms with van der Waals surface area (Å²) in [5, 5.41) is 9.03. The molecule has 1 aliphatic rings. The molecule has 0 aromatic carbocycles. The van der Waals surface area contributed by atoms with Crippen LogP contribution in [-0.2, 0) is 0 Å². The van der Waals surface area contributed by atoms with Gasteiger partial charge in [0.25, 0.3) is 0 Å². The maximum absolute atomic E-state index is 11.7. The van der Waals surface area contributed by atoms with Crippen molar-refractivity contribution in [1.29, 1.82) is 0 Å². The van der Waals surface area contributed by atoms with Gasteiger partial charge in [0.2, 0.25) is 5.78 Å². The molecule has 70 valence electrons. The maximum atomic E-state index is 11.7. The number of ketones is 1. The smallest absolute Gasteiger partial charge is 0.206 e. The summed E-state index contributed by atoms with van der Waals surface area (Å²) in [6, 6.07) is 3.44. The molecule has 0 atom stereocenters. The van der Waals surface area contributed by atoms with Crippen LogP contribution in [0.1, 0.15) is 29.2 Å². The minimum atomic E-state index is -0.510. The molecule has 0 spiro atoms.